The number of amides is 2. The molecule has 0 aliphatic heterocycles. The molecule has 7 heteroatoms. The van der Waals surface area contributed by atoms with Gasteiger partial charge in [-0.05, 0) is 30.7 Å². The number of carbonyl (C=O) groups excluding carboxylic acids is 1. The fourth-order valence-electron chi connectivity index (χ4n) is 1.71. The molecule has 0 aliphatic carbocycles. The number of hydrazone groups is 1. The standard InChI is InChI=1S/C15H13Cl2N3O2/c1-9-4-2-3-5-13(9)19-15(22)20-18-8-10-6-11(16)7-12(17)14(10)21/h2-8,21H,1H3,(H2,19,20,22)/b18-8+. The van der Waals surface area contributed by atoms with Crippen LogP contribution in [0.5, 0.6) is 5.75 Å². The molecule has 0 spiro atoms. The summed E-state index contributed by atoms with van der Waals surface area (Å²) in [6, 6.07) is 9.74. The molecule has 0 unspecified atom stereocenters. The van der Waals surface area contributed by atoms with E-state index in [0.717, 1.165) is 5.56 Å². The SMILES string of the molecule is Cc1ccccc1NC(=O)N/N=C/c1cc(Cl)cc(Cl)c1O. The topological polar surface area (TPSA) is 73.7 Å². The molecule has 3 N–H and O–H groups in total. The quantitative estimate of drug-likeness (QED) is 0.581. The number of anilines is 1. The largest absolute Gasteiger partial charge is 0.506 e. The Morgan fingerprint density at radius 3 is 2.73 bits per heavy atom. The summed E-state index contributed by atoms with van der Waals surface area (Å²) in [5.41, 5.74) is 4.21. The Hall–Kier alpha value is -2.24. The number of nitrogens with one attached hydrogen (secondary N) is 2. The number of hydrogen-bond acceptors (Lipinski definition) is 3. The fraction of sp³-hybridized carbons (Fsp3) is 0.0667. The fourth-order valence-corrected chi connectivity index (χ4v) is 2.22. The average molecular weight is 338 g/mol. The smallest absolute Gasteiger partial charge is 0.339 e. The van der Waals surface area contributed by atoms with Gasteiger partial charge in [-0.3, -0.25) is 0 Å². The van der Waals surface area contributed by atoms with E-state index >= 15 is 0 Å². The van der Waals surface area contributed by atoms with Crippen LogP contribution in [-0.4, -0.2) is 17.4 Å². The molecule has 0 saturated carbocycles. The first-order valence-corrected chi connectivity index (χ1v) is 7.06. The van der Waals surface area contributed by atoms with Crippen LogP contribution in [0.25, 0.3) is 0 Å². The van der Waals surface area contributed by atoms with Gasteiger partial charge in [0, 0.05) is 16.3 Å². The van der Waals surface area contributed by atoms with E-state index in [9.17, 15) is 9.90 Å². The van der Waals surface area contributed by atoms with Crippen LogP contribution in [-0.2, 0) is 0 Å². The molecular formula is C15H13Cl2N3O2. The van der Waals surface area contributed by atoms with E-state index in [-0.39, 0.29) is 10.8 Å². The van der Waals surface area contributed by atoms with Crippen molar-refractivity contribution < 1.29 is 9.90 Å². The molecule has 22 heavy (non-hydrogen) atoms. The highest BCUT2D eigenvalue weighted by molar-refractivity contribution is 6.36. The minimum absolute atomic E-state index is 0.110. The molecule has 114 valence electrons. The van der Waals surface area contributed by atoms with Gasteiger partial charge >= 0.3 is 6.03 Å². The third-order valence-corrected chi connectivity index (χ3v) is 3.33. The Morgan fingerprint density at radius 2 is 2.00 bits per heavy atom. The second kappa shape index (κ2) is 7.15. The zero-order valence-corrected chi connectivity index (χ0v) is 13.1. The number of rotatable bonds is 3. The molecule has 5 nitrogen and oxygen atoms in total. The number of urea groups is 1. The number of phenolic OH excluding ortho intramolecular Hbond substituents is 1. The summed E-state index contributed by atoms with van der Waals surface area (Å²) in [6.07, 6.45) is 1.25. The van der Waals surface area contributed by atoms with Gasteiger partial charge in [-0.25, -0.2) is 10.2 Å². The zero-order valence-electron chi connectivity index (χ0n) is 11.6. The van der Waals surface area contributed by atoms with Crippen molar-refractivity contribution in [3.63, 3.8) is 0 Å². The molecule has 0 radical (unpaired) electrons. The van der Waals surface area contributed by atoms with Gasteiger partial charge < -0.3 is 10.4 Å². The normalized spacial score (nSPS) is 10.7. The van der Waals surface area contributed by atoms with Crippen LogP contribution in [0.1, 0.15) is 11.1 Å². The van der Waals surface area contributed by atoms with Crippen LogP contribution in [0.3, 0.4) is 0 Å². The molecule has 2 rings (SSSR count). The predicted molar refractivity (Wildman–Crippen MR) is 89.1 cm³/mol. The number of aryl methyl sites for hydroxylation is 1. The minimum atomic E-state index is -0.502. The van der Waals surface area contributed by atoms with Crippen molar-refractivity contribution >= 4 is 41.1 Å². The second-order valence-corrected chi connectivity index (χ2v) is 5.31. The van der Waals surface area contributed by atoms with Gasteiger partial charge in [-0.15, -0.1) is 0 Å². The first-order valence-electron chi connectivity index (χ1n) is 6.31. The molecule has 2 aromatic rings. The van der Waals surface area contributed by atoms with Gasteiger partial charge in [0.25, 0.3) is 0 Å². The maximum absolute atomic E-state index is 11.7. The lowest BCUT2D eigenvalue weighted by molar-refractivity contribution is 0.252. The van der Waals surface area contributed by atoms with Gasteiger partial charge in [0.05, 0.1) is 11.2 Å². The van der Waals surface area contributed by atoms with E-state index in [4.69, 9.17) is 23.2 Å². The van der Waals surface area contributed by atoms with Crippen LogP contribution in [0.15, 0.2) is 41.5 Å². The Labute approximate surface area is 137 Å². The Kier molecular flexibility index (Phi) is 5.25. The van der Waals surface area contributed by atoms with Crippen LogP contribution >= 0.6 is 23.2 Å². The summed E-state index contributed by atoms with van der Waals surface area (Å²) in [5.74, 6) is -0.157. The highest BCUT2D eigenvalue weighted by Gasteiger charge is 2.06. The molecule has 0 heterocycles. The maximum atomic E-state index is 11.7. The van der Waals surface area contributed by atoms with Gasteiger partial charge in [0.2, 0.25) is 0 Å². The lowest BCUT2D eigenvalue weighted by Gasteiger charge is -2.07. The predicted octanol–water partition coefficient (Wildman–Crippen LogP) is 4.16. The Bertz CT molecular complexity index is 733. The summed E-state index contributed by atoms with van der Waals surface area (Å²) >= 11 is 11.6. The summed E-state index contributed by atoms with van der Waals surface area (Å²) in [6.45, 7) is 1.88. The molecular weight excluding hydrogens is 325 g/mol. The summed E-state index contributed by atoms with van der Waals surface area (Å²) < 4.78 is 0. The number of halogens is 2. The number of benzene rings is 2. The molecule has 0 fully saturated rings. The lowest BCUT2D eigenvalue weighted by Crippen LogP contribution is -2.24. The van der Waals surface area contributed by atoms with Gasteiger partial charge in [0.15, 0.2) is 0 Å². The zero-order chi connectivity index (χ0) is 16.1. The molecule has 0 aromatic heterocycles. The van der Waals surface area contributed by atoms with E-state index < -0.39 is 6.03 Å². The molecule has 0 bridgehead atoms. The van der Waals surface area contributed by atoms with Gasteiger partial charge in [-0.2, -0.15) is 5.10 Å². The van der Waals surface area contributed by atoms with Gasteiger partial charge in [-0.1, -0.05) is 41.4 Å². The van der Waals surface area contributed by atoms with Crippen LogP contribution < -0.4 is 10.7 Å². The van der Waals surface area contributed by atoms with Crippen molar-refractivity contribution in [3.05, 3.63) is 57.6 Å². The second-order valence-electron chi connectivity index (χ2n) is 4.46. The van der Waals surface area contributed by atoms with E-state index in [0.29, 0.717) is 16.3 Å². The Balaban J connectivity index is 2.01. The number of para-hydroxylation sites is 1. The Morgan fingerprint density at radius 1 is 1.27 bits per heavy atom. The lowest BCUT2D eigenvalue weighted by atomic mass is 10.2. The van der Waals surface area contributed by atoms with E-state index in [1.54, 1.807) is 6.07 Å². The van der Waals surface area contributed by atoms with Crippen molar-refractivity contribution in [2.75, 3.05) is 5.32 Å². The summed E-state index contributed by atoms with van der Waals surface area (Å²) in [4.78, 5) is 11.7. The third kappa shape index (κ3) is 4.13. The first-order chi connectivity index (χ1) is 10.5. The van der Waals surface area contributed by atoms with Crippen molar-refractivity contribution in [1.82, 2.24) is 5.43 Å². The number of phenols is 1. The molecule has 0 aliphatic rings. The van der Waals surface area contributed by atoms with Crippen molar-refractivity contribution in [1.29, 1.82) is 0 Å². The van der Waals surface area contributed by atoms with Crippen molar-refractivity contribution in [3.8, 4) is 5.75 Å². The molecule has 2 amide bonds. The average Bonchev–Trinajstić information content (AvgIpc) is 2.46. The molecule has 2 aromatic carbocycles. The minimum Gasteiger partial charge on any atom is -0.506 e. The van der Waals surface area contributed by atoms with Crippen molar-refractivity contribution in [2.24, 2.45) is 5.10 Å². The summed E-state index contributed by atoms with van der Waals surface area (Å²) in [5, 5.41) is 16.6. The summed E-state index contributed by atoms with van der Waals surface area (Å²) in [7, 11) is 0. The highest BCUT2D eigenvalue weighted by atomic mass is 35.5. The van der Waals surface area contributed by atoms with E-state index in [2.05, 4.69) is 15.8 Å². The van der Waals surface area contributed by atoms with Gasteiger partial charge in [0.1, 0.15) is 5.75 Å². The number of nitrogens with zero attached hydrogens (tertiary/aromatic N) is 1. The third-order valence-electron chi connectivity index (χ3n) is 2.82. The number of aromatic hydroxyl groups is 1. The highest BCUT2D eigenvalue weighted by Crippen LogP contribution is 2.29. The number of hydrogen-bond donors (Lipinski definition) is 3. The molecule has 0 atom stereocenters. The van der Waals surface area contributed by atoms with Crippen LogP contribution in [0, 0.1) is 6.92 Å². The van der Waals surface area contributed by atoms with E-state index in [1.165, 1.54) is 18.3 Å². The first kappa shape index (κ1) is 16.1. The molecule has 0 saturated heterocycles. The van der Waals surface area contributed by atoms with Crippen molar-refractivity contribution in [2.45, 2.75) is 6.92 Å². The van der Waals surface area contributed by atoms with Crippen LogP contribution in [0.4, 0.5) is 10.5 Å². The number of carbonyl (C=O) groups is 1. The van der Waals surface area contributed by atoms with E-state index in [1.807, 2.05) is 25.1 Å². The van der Waals surface area contributed by atoms with Crippen LogP contribution in [0.2, 0.25) is 10.0 Å². The monoisotopic (exact) mass is 337 g/mol. The maximum Gasteiger partial charge on any atom is 0.339 e.